The van der Waals surface area contributed by atoms with E-state index in [0.717, 1.165) is 28.9 Å². The molecule has 3 N–H and O–H groups in total. The van der Waals surface area contributed by atoms with Gasteiger partial charge >= 0.3 is 10.2 Å². The fourth-order valence-electron chi connectivity index (χ4n) is 3.97. The number of rotatable bonds is 6. The first kappa shape index (κ1) is 21.5. The summed E-state index contributed by atoms with van der Waals surface area (Å²) in [6.07, 6.45) is 3.61. The van der Waals surface area contributed by atoms with Crippen LogP contribution in [-0.4, -0.2) is 43.9 Å². The summed E-state index contributed by atoms with van der Waals surface area (Å²) in [5.41, 5.74) is 0.761. The first-order valence-corrected chi connectivity index (χ1v) is 12.7. The van der Waals surface area contributed by atoms with Crippen molar-refractivity contribution in [2.45, 2.75) is 36.6 Å². The summed E-state index contributed by atoms with van der Waals surface area (Å²) in [6.45, 7) is 0.474. The topological polar surface area (TPSA) is 127 Å². The lowest BCUT2D eigenvalue weighted by Crippen LogP contribution is -2.35. The molecule has 2 aromatic rings. The highest BCUT2D eigenvalue weighted by atomic mass is 32.2. The lowest BCUT2D eigenvalue weighted by molar-refractivity contribution is 0.370. The third kappa shape index (κ3) is 4.21. The predicted octanol–water partition coefficient (Wildman–Crippen LogP) is 2.19. The van der Waals surface area contributed by atoms with Crippen LogP contribution in [0.5, 0.6) is 5.75 Å². The van der Waals surface area contributed by atoms with Gasteiger partial charge in [0.2, 0.25) is 15.9 Å². The molecule has 166 valence electrons. The standard InChI is InChI=1S/C20H23N3O6S2/c24-19-13-15(9-11-18(19)23-14-20(25)21-31(23,28)29)8-10-16-5-4-12-22(16)30(26,27)17-6-2-1-3-7-17/h1-3,6-7,9,11,13-14,16,21,24-25H,4-5,8,10,12H2. The summed E-state index contributed by atoms with van der Waals surface area (Å²) in [5.74, 6) is -0.793. The Hall–Kier alpha value is -2.76. The van der Waals surface area contributed by atoms with Gasteiger partial charge in [0, 0.05) is 12.6 Å². The van der Waals surface area contributed by atoms with Crippen LogP contribution in [0.2, 0.25) is 0 Å². The second kappa shape index (κ2) is 8.06. The molecule has 0 radical (unpaired) electrons. The van der Waals surface area contributed by atoms with Crippen molar-refractivity contribution in [3.8, 4) is 5.75 Å². The minimum absolute atomic E-state index is 0.00875. The van der Waals surface area contributed by atoms with Crippen LogP contribution in [0.3, 0.4) is 0 Å². The molecule has 0 spiro atoms. The molecule has 31 heavy (non-hydrogen) atoms. The van der Waals surface area contributed by atoms with Crippen LogP contribution in [0.1, 0.15) is 24.8 Å². The molecule has 0 saturated carbocycles. The summed E-state index contributed by atoms with van der Waals surface area (Å²) >= 11 is 0. The van der Waals surface area contributed by atoms with E-state index in [1.54, 1.807) is 40.7 Å². The minimum atomic E-state index is -3.99. The number of nitrogens with zero attached hydrogens (tertiary/aromatic N) is 2. The van der Waals surface area contributed by atoms with Crippen molar-refractivity contribution in [2.75, 3.05) is 10.8 Å². The molecule has 9 nitrogen and oxygen atoms in total. The molecule has 0 aromatic heterocycles. The Labute approximate surface area is 181 Å². The van der Waals surface area contributed by atoms with E-state index in [1.165, 1.54) is 12.1 Å². The van der Waals surface area contributed by atoms with Crippen molar-refractivity contribution >= 4 is 25.9 Å². The molecule has 2 aliphatic rings. The van der Waals surface area contributed by atoms with Gasteiger partial charge in [-0.1, -0.05) is 24.3 Å². The summed E-state index contributed by atoms with van der Waals surface area (Å²) in [4.78, 5) is 0.278. The number of sulfonamides is 1. The molecule has 0 bridgehead atoms. The number of anilines is 1. The molecule has 11 heteroatoms. The van der Waals surface area contributed by atoms with E-state index in [1.807, 2.05) is 4.72 Å². The Morgan fingerprint density at radius 1 is 1.10 bits per heavy atom. The average Bonchev–Trinajstić information content (AvgIpc) is 3.31. The molecule has 4 rings (SSSR count). The number of aromatic hydroxyl groups is 1. The summed E-state index contributed by atoms with van der Waals surface area (Å²) in [5, 5.41) is 19.8. The minimum Gasteiger partial charge on any atom is -0.506 e. The number of benzene rings is 2. The number of nitrogens with one attached hydrogen (secondary N) is 1. The van der Waals surface area contributed by atoms with Crippen LogP contribution >= 0.6 is 0 Å². The Kier molecular flexibility index (Phi) is 5.58. The number of hydrogen-bond donors (Lipinski definition) is 3. The van der Waals surface area contributed by atoms with Crippen LogP contribution in [0.4, 0.5) is 5.69 Å². The Balaban J connectivity index is 1.48. The molecule has 0 amide bonds. The summed E-state index contributed by atoms with van der Waals surface area (Å²) < 4.78 is 54.2. The van der Waals surface area contributed by atoms with Crippen molar-refractivity contribution in [1.29, 1.82) is 0 Å². The summed E-state index contributed by atoms with van der Waals surface area (Å²) in [6, 6.07) is 12.8. The first-order valence-electron chi connectivity index (χ1n) is 9.80. The molecular weight excluding hydrogens is 442 g/mol. The van der Waals surface area contributed by atoms with Gasteiger partial charge in [-0.3, -0.25) is 0 Å². The van der Waals surface area contributed by atoms with Crippen LogP contribution in [0.15, 0.2) is 65.5 Å². The maximum atomic E-state index is 13.0. The smallest absolute Gasteiger partial charge is 0.330 e. The van der Waals surface area contributed by atoms with Crippen molar-refractivity contribution in [2.24, 2.45) is 0 Å². The molecule has 2 aromatic carbocycles. The maximum Gasteiger partial charge on any atom is 0.330 e. The third-order valence-corrected chi connectivity index (χ3v) is 8.70. The van der Waals surface area contributed by atoms with Gasteiger partial charge in [0.1, 0.15) is 11.4 Å². The van der Waals surface area contributed by atoms with E-state index < -0.39 is 26.1 Å². The molecule has 1 saturated heterocycles. The average molecular weight is 466 g/mol. The zero-order valence-electron chi connectivity index (χ0n) is 16.5. The van der Waals surface area contributed by atoms with E-state index >= 15 is 0 Å². The highest BCUT2D eigenvalue weighted by Gasteiger charge is 2.35. The Bertz CT molecular complexity index is 1210. The van der Waals surface area contributed by atoms with Crippen LogP contribution < -0.4 is 9.03 Å². The van der Waals surface area contributed by atoms with Crippen molar-refractivity contribution in [1.82, 2.24) is 9.03 Å². The second-order valence-corrected chi connectivity index (χ2v) is 10.9. The number of hydrogen-bond acceptors (Lipinski definition) is 6. The Morgan fingerprint density at radius 2 is 1.84 bits per heavy atom. The highest BCUT2D eigenvalue weighted by molar-refractivity contribution is 7.91. The van der Waals surface area contributed by atoms with Crippen LogP contribution in [0, 0.1) is 0 Å². The molecule has 1 unspecified atom stereocenters. The van der Waals surface area contributed by atoms with E-state index in [0.29, 0.717) is 19.4 Å². The lowest BCUT2D eigenvalue weighted by atomic mass is 10.0. The number of aliphatic hydroxyl groups is 1. The maximum absolute atomic E-state index is 13.0. The van der Waals surface area contributed by atoms with Gasteiger partial charge in [-0.25, -0.2) is 17.4 Å². The van der Waals surface area contributed by atoms with Gasteiger partial charge in [-0.15, -0.1) is 0 Å². The number of aliphatic hydroxyl groups excluding tert-OH is 1. The molecule has 2 heterocycles. The normalized spacial score (nSPS) is 21.1. The lowest BCUT2D eigenvalue weighted by Gasteiger charge is -2.24. The molecule has 0 aliphatic carbocycles. The number of phenols is 1. The molecular formula is C20H23N3O6S2. The second-order valence-electron chi connectivity index (χ2n) is 7.50. The fraction of sp³-hybridized carbons (Fsp3) is 0.300. The number of aryl methyl sites for hydroxylation is 1. The van der Waals surface area contributed by atoms with Crippen molar-refractivity contribution in [3.05, 3.63) is 66.2 Å². The molecule has 1 atom stereocenters. The first-order chi connectivity index (χ1) is 14.7. The van der Waals surface area contributed by atoms with Crippen LogP contribution in [-0.2, 0) is 26.7 Å². The van der Waals surface area contributed by atoms with E-state index in [9.17, 15) is 27.0 Å². The zero-order valence-corrected chi connectivity index (χ0v) is 18.2. The van der Waals surface area contributed by atoms with E-state index in [-0.39, 0.29) is 22.4 Å². The Morgan fingerprint density at radius 3 is 2.48 bits per heavy atom. The van der Waals surface area contributed by atoms with E-state index in [4.69, 9.17) is 0 Å². The highest BCUT2D eigenvalue weighted by Crippen LogP contribution is 2.34. The SMILES string of the molecule is O=S1(=O)NC(O)=CN1c1ccc(CCC2CCCN2S(=O)(=O)c2ccccc2)cc1O. The quantitative estimate of drug-likeness (QED) is 0.600. The van der Waals surface area contributed by atoms with Gasteiger partial charge in [0.05, 0.1) is 11.1 Å². The van der Waals surface area contributed by atoms with Gasteiger partial charge < -0.3 is 10.2 Å². The third-order valence-electron chi connectivity index (χ3n) is 5.45. The van der Waals surface area contributed by atoms with Gasteiger partial charge in [0.15, 0.2) is 0 Å². The van der Waals surface area contributed by atoms with Gasteiger partial charge in [-0.05, 0) is 55.5 Å². The van der Waals surface area contributed by atoms with Crippen molar-refractivity contribution < 1.29 is 27.0 Å². The molecule has 2 aliphatic heterocycles. The predicted molar refractivity (Wildman–Crippen MR) is 115 cm³/mol. The van der Waals surface area contributed by atoms with Gasteiger partial charge in [0.25, 0.3) is 0 Å². The largest absolute Gasteiger partial charge is 0.506 e. The van der Waals surface area contributed by atoms with E-state index in [2.05, 4.69) is 0 Å². The number of phenolic OH excluding ortho intramolecular Hbond substituents is 1. The van der Waals surface area contributed by atoms with Gasteiger partial charge in [-0.2, -0.15) is 12.7 Å². The molecule has 1 fully saturated rings. The van der Waals surface area contributed by atoms with Crippen molar-refractivity contribution in [3.63, 3.8) is 0 Å². The van der Waals surface area contributed by atoms with Crippen LogP contribution in [0.25, 0.3) is 0 Å². The fourth-order valence-corrected chi connectivity index (χ4v) is 6.79. The summed E-state index contributed by atoms with van der Waals surface area (Å²) in [7, 11) is -7.56. The zero-order chi connectivity index (χ0) is 22.2. The monoisotopic (exact) mass is 465 g/mol.